The lowest BCUT2D eigenvalue weighted by atomic mass is 9.90. The molecule has 0 radical (unpaired) electrons. The summed E-state index contributed by atoms with van der Waals surface area (Å²) in [5.74, 6) is 1.70. The van der Waals surface area contributed by atoms with E-state index < -0.39 is 0 Å². The Morgan fingerprint density at radius 2 is 1.86 bits per heavy atom. The van der Waals surface area contributed by atoms with Crippen molar-refractivity contribution in [1.29, 1.82) is 0 Å². The molecular weight excluding hydrogens is 368 g/mol. The number of piperidine rings is 1. The fraction of sp³-hybridized carbons (Fsp3) is 0.348. The van der Waals surface area contributed by atoms with Gasteiger partial charge in [0.05, 0.1) is 11.4 Å². The van der Waals surface area contributed by atoms with Crippen LogP contribution in [0.4, 0.5) is 5.82 Å². The average Bonchev–Trinajstić information content (AvgIpc) is 3.32. The molecule has 144 valence electrons. The highest BCUT2D eigenvalue weighted by Crippen LogP contribution is 2.37. The summed E-state index contributed by atoms with van der Waals surface area (Å²) in [5, 5.41) is 9.33. The van der Waals surface area contributed by atoms with Gasteiger partial charge in [-0.25, -0.2) is 4.68 Å². The third-order valence-corrected chi connectivity index (χ3v) is 6.19. The summed E-state index contributed by atoms with van der Waals surface area (Å²) >= 11 is 6.22. The minimum Gasteiger partial charge on any atom is -0.369 e. The highest BCUT2D eigenvalue weighted by atomic mass is 35.5. The molecule has 3 heterocycles. The molecule has 0 spiro atoms. The van der Waals surface area contributed by atoms with Crippen LogP contribution in [0.15, 0.2) is 54.6 Å². The lowest BCUT2D eigenvalue weighted by Gasteiger charge is -2.31. The van der Waals surface area contributed by atoms with Crippen molar-refractivity contribution in [2.75, 3.05) is 25.0 Å². The zero-order valence-corrected chi connectivity index (χ0v) is 16.7. The fourth-order valence-corrected chi connectivity index (χ4v) is 4.71. The van der Waals surface area contributed by atoms with Crippen molar-refractivity contribution >= 4 is 17.4 Å². The molecule has 1 N–H and O–H groups in total. The normalized spacial score (nSPS) is 17.5. The zero-order chi connectivity index (χ0) is 18.9. The molecule has 5 rings (SSSR count). The van der Waals surface area contributed by atoms with E-state index in [0.717, 1.165) is 49.1 Å². The predicted molar refractivity (Wildman–Crippen MR) is 114 cm³/mol. The summed E-state index contributed by atoms with van der Waals surface area (Å²) < 4.78 is 2.06. The first-order chi connectivity index (χ1) is 13.8. The second kappa shape index (κ2) is 7.61. The Labute approximate surface area is 171 Å². The lowest BCUT2D eigenvalue weighted by Crippen LogP contribution is -2.32. The Morgan fingerprint density at radius 3 is 2.64 bits per heavy atom. The molecule has 1 saturated heterocycles. The van der Waals surface area contributed by atoms with Gasteiger partial charge in [0.1, 0.15) is 5.82 Å². The highest BCUT2D eigenvalue weighted by Gasteiger charge is 2.30. The lowest BCUT2D eigenvalue weighted by molar-refractivity contribution is 0.203. The van der Waals surface area contributed by atoms with Crippen molar-refractivity contribution in [3.05, 3.63) is 76.4 Å². The molecule has 0 unspecified atom stereocenters. The first kappa shape index (κ1) is 17.8. The molecule has 4 nitrogen and oxygen atoms in total. The van der Waals surface area contributed by atoms with E-state index in [-0.39, 0.29) is 0 Å². The van der Waals surface area contributed by atoms with Crippen LogP contribution >= 0.6 is 11.6 Å². The van der Waals surface area contributed by atoms with Crippen molar-refractivity contribution < 1.29 is 0 Å². The van der Waals surface area contributed by atoms with Crippen LogP contribution in [0.2, 0.25) is 5.02 Å². The molecule has 1 fully saturated rings. The van der Waals surface area contributed by atoms with Crippen LogP contribution in [0, 0.1) is 0 Å². The third kappa shape index (κ3) is 3.43. The Bertz CT molecular complexity index is 958. The van der Waals surface area contributed by atoms with Crippen LogP contribution in [0.25, 0.3) is 5.69 Å². The maximum Gasteiger partial charge on any atom is 0.133 e. The molecule has 0 saturated carbocycles. The Kier molecular flexibility index (Phi) is 4.83. The molecule has 2 aliphatic heterocycles. The van der Waals surface area contributed by atoms with E-state index in [4.69, 9.17) is 16.7 Å². The van der Waals surface area contributed by atoms with E-state index in [0.29, 0.717) is 5.92 Å². The van der Waals surface area contributed by atoms with Crippen molar-refractivity contribution in [3.8, 4) is 5.69 Å². The monoisotopic (exact) mass is 392 g/mol. The van der Waals surface area contributed by atoms with Gasteiger partial charge in [-0.05, 0) is 56.1 Å². The number of nitrogens with one attached hydrogen (secondary N) is 1. The van der Waals surface area contributed by atoms with Gasteiger partial charge in [-0.15, -0.1) is 0 Å². The van der Waals surface area contributed by atoms with E-state index in [9.17, 15) is 0 Å². The zero-order valence-electron chi connectivity index (χ0n) is 15.9. The van der Waals surface area contributed by atoms with E-state index in [2.05, 4.69) is 51.3 Å². The maximum atomic E-state index is 6.22. The van der Waals surface area contributed by atoms with Crippen LogP contribution in [-0.2, 0) is 13.0 Å². The molecule has 0 bridgehead atoms. The number of likely N-dealkylation sites (tertiary alicyclic amines) is 1. The minimum absolute atomic E-state index is 0.543. The first-order valence-corrected chi connectivity index (χ1v) is 10.5. The third-order valence-electron chi connectivity index (χ3n) is 5.96. The van der Waals surface area contributed by atoms with E-state index in [1.807, 2.05) is 18.2 Å². The summed E-state index contributed by atoms with van der Waals surface area (Å²) in [7, 11) is 0. The molecule has 2 aliphatic rings. The summed E-state index contributed by atoms with van der Waals surface area (Å²) in [4.78, 5) is 2.57. The van der Waals surface area contributed by atoms with Crippen LogP contribution in [0.1, 0.15) is 35.6 Å². The first-order valence-electron chi connectivity index (χ1n) is 10.2. The summed E-state index contributed by atoms with van der Waals surface area (Å²) in [6.07, 6.45) is 3.41. The number of aromatic nitrogens is 2. The van der Waals surface area contributed by atoms with Crippen molar-refractivity contribution in [2.45, 2.75) is 31.7 Å². The summed E-state index contributed by atoms with van der Waals surface area (Å²) in [6.45, 7) is 4.30. The molecule has 5 heteroatoms. The number of rotatable bonds is 4. The van der Waals surface area contributed by atoms with Crippen molar-refractivity contribution in [1.82, 2.24) is 14.7 Å². The molecule has 2 aromatic carbocycles. The van der Waals surface area contributed by atoms with Gasteiger partial charge in [-0.2, -0.15) is 5.10 Å². The number of hydrogen-bond donors (Lipinski definition) is 1. The highest BCUT2D eigenvalue weighted by molar-refractivity contribution is 6.30. The summed E-state index contributed by atoms with van der Waals surface area (Å²) in [6, 6.07) is 18.7. The van der Waals surface area contributed by atoms with Gasteiger partial charge in [0.2, 0.25) is 0 Å². The van der Waals surface area contributed by atoms with Crippen LogP contribution < -0.4 is 5.32 Å². The Morgan fingerprint density at radius 1 is 1.04 bits per heavy atom. The second-order valence-electron chi connectivity index (χ2n) is 7.82. The van der Waals surface area contributed by atoms with Crippen molar-refractivity contribution in [3.63, 3.8) is 0 Å². The van der Waals surface area contributed by atoms with Gasteiger partial charge in [0, 0.05) is 29.6 Å². The van der Waals surface area contributed by atoms with Gasteiger partial charge in [-0.3, -0.25) is 4.90 Å². The van der Waals surface area contributed by atoms with Crippen LogP contribution in [0.5, 0.6) is 0 Å². The molecule has 0 atom stereocenters. The molecule has 3 aromatic rings. The number of anilines is 1. The van der Waals surface area contributed by atoms with Crippen LogP contribution in [0.3, 0.4) is 0 Å². The van der Waals surface area contributed by atoms with Gasteiger partial charge in [0.15, 0.2) is 0 Å². The van der Waals surface area contributed by atoms with E-state index in [1.165, 1.54) is 29.7 Å². The largest absolute Gasteiger partial charge is 0.369 e. The Hall–Kier alpha value is -2.30. The maximum absolute atomic E-state index is 6.22. The van der Waals surface area contributed by atoms with Gasteiger partial charge in [-0.1, -0.05) is 48.0 Å². The number of nitrogens with zero attached hydrogens (tertiary/aromatic N) is 3. The van der Waals surface area contributed by atoms with E-state index in [1.54, 1.807) is 0 Å². The smallest absolute Gasteiger partial charge is 0.133 e. The molecular formula is C23H25ClN4. The average molecular weight is 393 g/mol. The molecule has 28 heavy (non-hydrogen) atoms. The number of halogens is 1. The van der Waals surface area contributed by atoms with Crippen molar-refractivity contribution in [2.24, 2.45) is 0 Å². The molecule has 0 aliphatic carbocycles. The number of hydrogen-bond acceptors (Lipinski definition) is 3. The quantitative estimate of drug-likeness (QED) is 0.687. The molecule has 0 amide bonds. The van der Waals surface area contributed by atoms with Gasteiger partial charge >= 0.3 is 0 Å². The topological polar surface area (TPSA) is 33.1 Å². The Balaban J connectivity index is 1.34. The fourth-order valence-electron chi connectivity index (χ4n) is 4.53. The predicted octanol–water partition coefficient (Wildman–Crippen LogP) is 4.87. The SMILES string of the molecule is Clc1cccc(-n2nc(C3CCN(Cc4ccccc4)CC3)c3c2NCC3)c1. The molecule has 1 aromatic heterocycles. The summed E-state index contributed by atoms with van der Waals surface area (Å²) in [5.41, 5.74) is 5.13. The number of fused-ring (bicyclic) bond motifs is 1. The second-order valence-corrected chi connectivity index (χ2v) is 8.25. The van der Waals surface area contributed by atoms with Gasteiger partial charge in [0.25, 0.3) is 0 Å². The van der Waals surface area contributed by atoms with Gasteiger partial charge < -0.3 is 5.32 Å². The minimum atomic E-state index is 0.543. The number of benzene rings is 2. The van der Waals surface area contributed by atoms with Crippen LogP contribution in [-0.4, -0.2) is 34.3 Å². The standard InChI is InChI=1S/C23H25ClN4/c24-19-7-4-8-20(15-19)28-23-21(9-12-25-23)22(26-28)18-10-13-27(14-11-18)16-17-5-2-1-3-6-17/h1-8,15,18,25H,9-14,16H2. The van der Waals surface area contributed by atoms with E-state index >= 15 is 0 Å².